The number of aliphatic hydroxyl groups excluding tert-OH is 10. The van der Waals surface area contributed by atoms with Crippen LogP contribution in [0, 0.1) is 64.6 Å². The first-order valence-corrected chi connectivity index (χ1v) is 36.3. The first kappa shape index (κ1) is 91.5. The van der Waals surface area contributed by atoms with E-state index in [-0.39, 0.29) is 67.5 Å². The number of ether oxygens (including phenoxy) is 3. The highest BCUT2D eigenvalue weighted by molar-refractivity contribution is 5.94. The molecule has 0 aromatic rings. The summed E-state index contributed by atoms with van der Waals surface area (Å²) in [5.74, 6) is -11.4. The highest BCUT2D eigenvalue weighted by atomic mass is 16.6. The standard InChI is InChI=1S/C78H129N3O20/c1-42(2)36-57(79-64(87)34-35-78(17,18)74(94)54(15)67(88)43(3)4)71(92)50(11)40-48(9)69(90)46(7)31-33-59(84)53(14)75(95)81-65(55(16)82)73-52(13)58(83)32-30-45(6)68(89)47(8)39-49(10)70(91)51(12)60(85)41-56-37-44(5)38-62(100-56)61(99-19)28-26-24-22-20-21-23-25-27-29-63(86)80-66(77(98)101-73)72(93)76(96)97/h22-30,34-35,39-40,42-44,46-47,50-62,65-73,82-85,88-93H,20-21,31-33,36-38,41H2,1-19H3,(H,79,87)(H,80,86)(H,81,95)(H,96,97)/b24-22?,25-23?,28-26?,29-27?,35-34+,45-30?,48-40+,49-39?/t44?,46?,47?,50?,51?,52?,53?,54?,55?,56?,57?,58?,59?,60?,61?,62?,65?,66-,67?,68?,69?,70?,71?,72?,73?/m0/s1. The van der Waals surface area contributed by atoms with Crippen molar-refractivity contribution in [3.05, 3.63) is 95.7 Å². The van der Waals surface area contributed by atoms with Gasteiger partial charge in [-0.3, -0.25) is 19.2 Å². The van der Waals surface area contributed by atoms with Crippen LogP contribution in [0.4, 0.5) is 0 Å². The minimum atomic E-state index is -2.58. The summed E-state index contributed by atoms with van der Waals surface area (Å²) in [6, 6.07) is -4.61. The topological polar surface area (TPSA) is 389 Å². The van der Waals surface area contributed by atoms with Crippen molar-refractivity contribution in [3.8, 4) is 0 Å². The largest absolute Gasteiger partial charge is 0.479 e. The summed E-state index contributed by atoms with van der Waals surface area (Å²) >= 11 is 0. The maximum atomic E-state index is 14.3. The van der Waals surface area contributed by atoms with E-state index in [9.17, 15) is 84.9 Å². The molecular weight excluding hydrogens is 1300 g/mol. The van der Waals surface area contributed by atoms with E-state index in [0.717, 1.165) is 12.5 Å². The van der Waals surface area contributed by atoms with Crippen LogP contribution in [-0.2, 0) is 43.0 Å². The van der Waals surface area contributed by atoms with Gasteiger partial charge in [-0.2, -0.15) is 0 Å². The summed E-state index contributed by atoms with van der Waals surface area (Å²) in [4.78, 5) is 80.9. The molecule has 0 aromatic carbocycles. The van der Waals surface area contributed by atoms with Gasteiger partial charge in [0.15, 0.2) is 12.1 Å². The van der Waals surface area contributed by atoms with E-state index in [1.807, 2.05) is 52.0 Å². The maximum absolute atomic E-state index is 14.3. The van der Waals surface area contributed by atoms with Crippen LogP contribution < -0.4 is 16.0 Å². The van der Waals surface area contributed by atoms with Crippen LogP contribution >= 0.6 is 0 Å². The van der Waals surface area contributed by atoms with Crippen LogP contribution in [0.5, 0.6) is 0 Å². The Morgan fingerprint density at radius 2 is 1.38 bits per heavy atom. The smallest absolute Gasteiger partial charge is 0.335 e. The molecule has 23 heteroatoms. The second-order valence-electron chi connectivity index (χ2n) is 30.4. The number of nitrogens with one attached hydrogen (secondary N) is 3. The van der Waals surface area contributed by atoms with Crippen LogP contribution in [0.2, 0.25) is 0 Å². The van der Waals surface area contributed by atoms with E-state index in [0.29, 0.717) is 42.4 Å². The zero-order valence-electron chi connectivity index (χ0n) is 63.6. The van der Waals surface area contributed by atoms with Crippen molar-refractivity contribution in [2.45, 2.75) is 286 Å². The lowest BCUT2D eigenvalue weighted by Gasteiger charge is -2.38. The number of rotatable bonds is 25. The molecule has 2 bridgehead atoms. The lowest BCUT2D eigenvalue weighted by Crippen LogP contribution is -2.59. The molecule has 0 spiro atoms. The fourth-order valence-corrected chi connectivity index (χ4v) is 13.1. The number of fused-ring (bicyclic) bond motifs is 2. The summed E-state index contributed by atoms with van der Waals surface area (Å²) in [6.07, 6.45) is 8.06. The summed E-state index contributed by atoms with van der Waals surface area (Å²) in [5, 5.41) is 132. The summed E-state index contributed by atoms with van der Waals surface area (Å²) < 4.78 is 18.2. The molecule has 2 rings (SSSR count). The van der Waals surface area contributed by atoms with Gasteiger partial charge < -0.3 is 86.3 Å². The second-order valence-corrected chi connectivity index (χ2v) is 30.4. The molecule has 1 saturated heterocycles. The van der Waals surface area contributed by atoms with Crippen molar-refractivity contribution in [2.24, 2.45) is 64.6 Å². The number of carbonyl (C=O) groups is 6. The molecule has 101 heavy (non-hydrogen) atoms. The Morgan fingerprint density at radius 3 is 1.95 bits per heavy atom. The third-order valence-corrected chi connectivity index (χ3v) is 20.1. The predicted octanol–water partition coefficient (Wildman–Crippen LogP) is 6.99. The average Bonchev–Trinajstić information content (AvgIpc) is 0.848. The fraction of sp³-hybridized carbons (Fsp3) is 0.718. The lowest BCUT2D eigenvalue weighted by molar-refractivity contribution is -0.170. The van der Waals surface area contributed by atoms with Crippen molar-refractivity contribution in [1.82, 2.24) is 16.0 Å². The molecule has 2 heterocycles. The maximum Gasteiger partial charge on any atom is 0.335 e. The Morgan fingerprint density at radius 1 is 0.762 bits per heavy atom. The number of aliphatic hydroxyl groups is 10. The Labute approximate surface area is 601 Å². The molecule has 0 aromatic heterocycles. The van der Waals surface area contributed by atoms with Gasteiger partial charge in [0.25, 0.3) is 0 Å². The van der Waals surface area contributed by atoms with Crippen LogP contribution in [0.3, 0.4) is 0 Å². The number of cyclic esters (lactones) is 1. The Bertz CT molecular complexity index is 2840. The van der Waals surface area contributed by atoms with E-state index in [1.165, 1.54) is 45.1 Å². The van der Waals surface area contributed by atoms with E-state index in [4.69, 9.17) is 14.2 Å². The molecule has 576 valence electrons. The first-order chi connectivity index (χ1) is 47.0. The molecule has 1 fully saturated rings. The molecule has 14 N–H and O–H groups in total. The molecular formula is C78H129N3O20. The monoisotopic (exact) mass is 1430 g/mol. The van der Waals surface area contributed by atoms with Gasteiger partial charge in [0.2, 0.25) is 17.7 Å². The normalized spacial score (nSPS) is 29.5. The van der Waals surface area contributed by atoms with E-state index >= 15 is 0 Å². The molecule has 3 amide bonds. The number of hydrogen-bond donors (Lipinski definition) is 14. The minimum Gasteiger partial charge on any atom is -0.479 e. The van der Waals surface area contributed by atoms with Gasteiger partial charge in [-0.15, -0.1) is 0 Å². The third kappa shape index (κ3) is 30.2. The van der Waals surface area contributed by atoms with Gasteiger partial charge in [-0.25, -0.2) is 9.59 Å². The van der Waals surface area contributed by atoms with Crippen molar-refractivity contribution >= 4 is 35.4 Å². The lowest BCUT2D eigenvalue weighted by atomic mass is 9.77. The number of hydrogen-bond acceptors (Lipinski definition) is 19. The Balaban J connectivity index is 2.51. The number of aliphatic carboxylic acids is 1. The number of amides is 3. The van der Waals surface area contributed by atoms with E-state index in [1.54, 1.807) is 101 Å². The van der Waals surface area contributed by atoms with Crippen LogP contribution in [0.1, 0.15) is 182 Å². The average molecular weight is 1430 g/mol. The molecule has 23 nitrogen and oxygen atoms in total. The number of Topliss-reactive ketones (excluding diaryl/α,β-unsaturated/α-hetero) is 1. The zero-order chi connectivity index (χ0) is 77.1. The van der Waals surface area contributed by atoms with Gasteiger partial charge in [-0.05, 0) is 146 Å². The molecule has 0 saturated carbocycles. The molecule has 2 aliphatic rings. The highest BCUT2D eigenvalue weighted by Gasteiger charge is 2.44. The Kier molecular flexibility index (Phi) is 40.2. The molecule has 0 radical (unpaired) electrons. The highest BCUT2D eigenvalue weighted by Crippen LogP contribution is 2.34. The summed E-state index contributed by atoms with van der Waals surface area (Å²) in [5.41, 5.74) is 0.299. The molecule has 24 unspecified atom stereocenters. The second kappa shape index (κ2) is 44.3. The molecule has 0 aliphatic carbocycles. The SMILES string of the molecule is COC1C=CC=CCCC=CC=CC(=O)N[C@@H](C(O)C(=O)O)C(=O)OC(C(NC(=O)C(C)C(O)CCC(C)C(O)/C(C)=C/C(C)C(O)C(CC(C)C)NC(=O)/C=C/C(C)(C)C(=O)C(C)C(O)C(C)C)C(C)O)C(C)C(O)CC=C(C)C(O)C(C)C=C(C)C(O)C(C)C(O)CC2CC(C)CC1O2. The number of methoxy groups -OCH3 is 1. The number of ketones is 1. The van der Waals surface area contributed by atoms with Crippen molar-refractivity contribution in [2.75, 3.05) is 7.11 Å². The van der Waals surface area contributed by atoms with Gasteiger partial charge in [0.1, 0.15) is 18.0 Å². The van der Waals surface area contributed by atoms with Gasteiger partial charge in [-0.1, -0.05) is 150 Å². The Hall–Kier alpha value is -5.54. The van der Waals surface area contributed by atoms with Gasteiger partial charge in [0, 0.05) is 48.2 Å². The van der Waals surface area contributed by atoms with E-state index in [2.05, 4.69) is 22.9 Å². The minimum absolute atomic E-state index is 0.0328. The quantitative estimate of drug-likeness (QED) is 0.0249. The molecule has 25 atom stereocenters. The first-order valence-electron chi connectivity index (χ1n) is 36.3. The predicted molar refractivity (Wildman–Crippen MR) is 389 cm³/mol. The number of carboxylic acid groups (broad SMARTS) is 1. The van der Waals surface area contributed by atoms with Crippen LogP contribution in [0.15, 0.2) is 95.7 Å². The van der Waals surface area contributed by atoms with E-state index < -0.39 is 162 Å². The number of esters is 1. The number of carbonyl (C=O) groups excluding carboxylic acids is 5. The van der Waals surface area contributed by atoms with Crippen molar-refractivity contribution in [1.29, 1.82) is 0 Å². The number of carboxylic acids is 1. The third-order valence-electron chi connectivity index (χ3n) is 20.1. The number of allylic oxidation sites excluding steroid dienone is 7. The molecule has 2 aliphatic heterocycles. The summed E-state index contributed by atoms with van der Waals surface area (Å²) in [6.45, 7) is 30.7. The summed E-state index contributed by atoms with van der Waals surface area (Å²) in [7, 11) is 1.60. The van der Waals surface area contributed by atoms with Crippen molar-refractivity contribution in [3.63, 3.8) is 0 Å². The zero-order valence-corrected chi connectivity index (χ0v) is 63.6. The van der Waals surface area contributed by atoms with Gasteiger partial charge in [0.05, 0.1) is 85.1 Å². The van der Waals surface area contributed by atoms with Crippen molar-refractivity contribution < 1.29 is 99.1 Å². The van der Waals surface area contributed by atoms with Crippen LogP contribution in [-0.4, -0.2) is 202 Å². The van der Waals surface area contributed by atoms with Gasteiger partial charge >= 0.3 is 11.9 Å². The van der Waals surface area contributed by atoms with Crippen LogP contribution in [0.25, 0.3) is 0 Å². The fourth-order valence-electron chi connectivity index (χ4n) is 13.1.